The summed E-state index contributed by atoms with van der Waals surface area (Å²) in [6, 6.07) is 13.8. The summed E-state index contributed by atoms with van der Waals surface area (Å²) < 4.78 is 0. The second-order valence-corrected chi connectivity index (χ2v) is 7.23. The number of rotatable bonds is 6. The number of aromatic amines is 1. The fourth-order valence-corrected chi connectivity index (χ4v) is 3.36. The van der Waals surface area contributed by atoms with Crippen LogP contribution < -0.4 is 5.32 Å². The molecule has 2 N–H and O–H groups in total. The normalized spacial score (nSPS) is 12.0. The Morgan fingerprint density at radius 1 is 1.30 bits per heavy atom. The largest absolute Gasteiger partial charge is 0.350 e. The van der Waals surface area contributed by atoms with Crippen LogP contribution >= 0.6 is 23.1 Å². The lowest BCUT2D eigenvalue weighted by molar-refractivity contribution is -0.120. The predicted octanol–water partition coefficient (Wildman–Crippen LogP) is 3.33. The number of thioether (sulfide) groups is 1. The molecule has 0 saturated heterocycles. The molecule has 0 fully saturated rings. The zero-order valence-electron chi connectivity index (χ0n) is 12.5. The molecule has 3 rings (SSSR count). The van der Waals surface area contributed by atoms with Crippen LogP contribution in [0.25, 0.3) is 11.4 Å². The molecule has 0 spiro atoms. The van der Waals surface area contributed by atoms with Crippen LogP contribution in [0, 0.1) is 0 Å². The molecule has 0 unspecified atom stereocenters. The lowest BCUT2D eigenvalue weighted by atomic mass is 10.2. The molecule has 0 bridgehead atoms. The summed E-state index contributed by atoms with van der Waals surface area (Å²) in [4.78, 5) is 17.7. The number of carbonyl (C=O) groups excluding carboxylic acids is 1. The molecule has 7 heteroatoms. The van der Waals surface area contributed by atoms with E-state index in [-0.39, 0.29) is 11.2 Å². The van der Waals surface area contributed by atoms with Crippen molar-refractivity contribution in [3.63, 3.8) is 0 Å². The number of nitrogens with one attached hydrogen (secondary N) is 2. The van der Waals surface area contributed by atoms with Crippen molar-refractivity contribution in [1.29, 1.82) is 0 Å². The van der Waals surface area contributed by atoms with E-state index in [4.69, 9.17) is 0 Å². The molecule has 1 atom stereocenters. The maximum Gasteiger partial charge on any atom is 0.233 e. The number of thiophene rings is 1. The standard InChI is InChI=1S/C16H16N4OS2/c1-11(15(21)17-10-13-8-5-9-22-13)23-16-18-14(19-20-16)12-6-3-2-4-7-12/h2-9,11H,10H2,1H3,(H,17,21)(H,18,19,20)/t11-/m1/s1. The number of nitrogens with zero attached hydrogens (tertiary/aromatic N) is 2. The van der Waals surface area contributed by atoms with Gasteiger partial charge in [0.1, 0.15) is 0 Å². The van der Waals surface area contributed by atoms with E-state index in [0.29, 0.717) is 17.5 Å². The van der Waals surface area contributed by atoms with E-state index in [0.717, 1.165) is 10.4 Å². The first-order valence-electron chi connectivity index (χ1n) is 7.17. The van der Waals surface area contributed by atoms with Crippen LogP contribution in [-0.2, 0) is 11.3 Å². The molecule has 5 nitrogen and oxygen atoms in total. The Bertz CT molecular complexity index is 756. The van der Waals surface area contributed by atoms with Gasteiger partial charge in [0.15, 0.2) is 5.82 Å². The predicted molar refractivity (Wildman–Crippen MR) is 93.3 cm³/mol. The molecule has 0 radical (unpaired) electrons. The fourth-order valence-electron chi connectivity index (χ4n) is 1.97. The minimum Gasteiger partial charge on any atom is -0.350 e. The maximum atomic E-state index is 12.1. The van der Waals surface area contributed by atoms with Crippen LogP contribution in [0.4, 0.5) is 0 Å². The highest BCUT2D eigenvalue weighted by molar-refractivity contribution is 8.00. The third-order valence-corrected chi connectivity index (χ3v) is 5.02. The molecule has 0 aliphatic carbocycles. The van der Waals surface area contributed by atoms with Crippen LogP contribution in [0.2, 0.25) is 0 Å². The Labute approximate surface area is 142 Å². The molecular formula is C16H16N4OS2. The molecule has 1 amide bonds. The average Bonchev–Trinajstić information content (AvgIpc) is 3.25. The van der Waals surface area contributed by atoms with Gasteiger partial charge in [-0.15, -0.1) is 16.4 Å². The number of carbonyl (C=O) groups is 1. The first kappa shape index (κ1) is 15.8. The zero-order chi connectivity index (χ0) is 16.1. The van der Waals surface area contributed by atoms with Gasteiger partial charge in [0.2, 0.25) is 11.1 Å². The number of benzene rings is 1. The molecule has 1 aromatic carbocycles. The zero-order valence-corrected chi connectivity index (χ0v) is 14.2. The van der Waals surface area contributed by atoms with Gasteiger partial charge < -0.3 is 5.32 Å². The van der Waals surface area contributed by atoms with Crippen molar-refractivity contribution in [2.75, 3.05) is 0 Å². The summed E-state index contributed by atoms with van der Waals surface area (Å²) in [6.45, 7) is 2.41. The van der Waals surface area contributed by atoms with Crippen LogP contribution in [0.15, 0.2) is 53.0 Å². The average molecular weight is 344 g/mol. The minimum absolute atomic E-state index is 0.0190. The van der Waals surface area contributed by atoms with Gasteiger partial charge in [-0.05, 0) is 18.4 Å². The topological polar surface area (TPSA) is 70.7 Å². The van der Waals surface area contributed by atoms with Gasteiger partial charge in [0.05, 0.1) is 11.8 Å². The van der Waals surface area contributed by atoms with E-state index in [2.05, 4.69) is 20.5 Å². The van der Waals surface area contributed by atoms with E-state index in [9.17, 15) is 4.79 Å². The second kappa shape index (κ2) is 7.43. The number of hydrogen-bond acceptors (Lipinski definition) is 5. The molecule has 0 aliphatic rings. The van der Waals surface area contributed by atoms with Crippen molar-refractivity contribution in [1.82, 2.24) is 20.5 Å². The number of hydrogen-bond donors (Lipinski definition) is 2. The van der Waals surface area contributed by atoms with Gasteiger partial charge in [-0.3, -0.25) is 9.89 Å². The summed E-state index contributed by atoms with van der Waals surface area (Å²) in [5, 5.41) is 12.3. The third-order valence-electron chi connectivity index (χ3n) is 3.18. The third kappa shape index (κ3) is 4.20. The first-order chi connectivity index (χ1) is 11.2. The Morgan fingerprint density at radius 2 is 2.13 bits per heavy atom. The van der Waals surface area contributed by atoms with E-state index < -0.39 is 0 Å². The lowest BCUT2D eigenvalue weighted by Gasteiger charge is -2.09. The highest BCUT2D eigenvalue weighted by Gasteiger charge is 2.17. The monoisotopic (exact) mass is 344 g/mol. The van der Waals surface area contributed by atoms with Crippen molar-refractivity contribution in [2.24, 2.45) is 0 Å². The molecule has 2 heterocycles. The summed E-state index contributed by atoms with van der Waals surface area (Å²) in [5.74, 6) is 0.689. The quantitative estimate of drug-likeness (QED) is 0.673. The maximum absolute atomic E-state index is 12.1. The summed E-state index contributed by atoms with van der Waals surface area (Å²) in [7, 11) is 0. The molecular weight excluding hydrogens is 328 g/mol. The van der Waals surface area contributed by atoms with Gasteiger partial charge in [-0.1, -0.05) is 48.2 Å². The van der Waals surface area contributed by atoms with E-state index >= 15 is 0 Å². The van der Waals surface area contributed by atoms with E-state index in [1.54, 1.807) is 11.3 Å². The minimum atomic E-state index is -0.255. The van der Waals surface area contributed by atoms with Crippen molar-refractivity contribution < 1.29 is 4.79 Å². The molecule has 2 aromatic heterocycles. The molecule has 0 aliphatic heterocycles. The van der Waals surface area contributed by atoms with Gasteiger partial charge in [0.25, 0.3) is 0 Å². The van der Waals surface area contributed by atoms with Crippen molar-refractivity contribution in [2.45, 2.75) is 23.9 Å². The summed E-state index contributed by atoms with van der Waals surface area (Å²) in [5.41, 5.74) is 0.974. The lowest BCUT2D eigenvalue weighted by Crippen LogP contribution is -2.30. The summed E-state index contributed by atoms with van der Waals surface area (Å²) in [6.07, 6.45) is 0. The SMILES string of the molecule is C[C@@H](Sc1n[nH]c(-c2ccccc2)n1)C(=O)NCc1cccs1. The number of aromatic nitrogens is 3. The van der Waals surface area contributed by atoms with Crippen molar-refractivity contribution >= 4 is 29.0 Å². The van der Waals surface area contributed by atoms with Crippen LogP contribution in [0.5, 0.6) is 0 Å². The van der Waals surface area contributed by atoms with Gasteiger partial charge in [-0.25, -0.2) is 4.98 Å². The highest BCUT2D eigenvalue weighted by Crippen LogP contribution is 2.22. The molecule has 3 aromatic rings. The second-order valence-electron chi connectivity index (χ2n) is 4.89. The van der Waals surface area contributed by atoms with Crippen molar-refractivity contribution in [3.8, 4) is 11.4 Å². The first-order valence-corrected chi connectivity index (χ1v) is 8.93. The van der Waals surface area contributed by atoms with Crippen LogP contribution in [0.1, 0.15) is 11.8 Å². The fraction of sp³-hybridized carbons (Fsp3) is 0.188. The van der Waals surface area contributed by atoms with Crippen LogP contribution in [-0.4, -0.2) is 26.3 Å². The van der Waals surface area contributed by atoms with Crippen molar-refractivity contribution in [3.05, 3.63) is 52.7 Å². The van der Waals surface area contributed by atoms with Gasteiger partial charge >= 0.3 is 0 Å². The molecule has 118 valence electrons. The Kier molecular flexibility index (Phi) is 5.09. The van der Waals surface area contributed by atoms with Gasteiger partial charge in [-0.2, -0.15) is 0 Å². The Balaban J connectivity index is 1.56. The van der Waals surface area contributed by atoms with E-state index in [1.807, 2.05) is 54.8 Å². The highest BCUT2D eigenvalue weighted by atomic mass is 32.2. The Morgan fingerprint density at radius 3 is 2.87 bits per heavy atom. The molecule has 0 saturated carbocycles. The Hall–Kier alpha value is -2.12. The van der Waals surface area contributed by atoms with Crippen LogP contribution in [0.3, 0.4) is 0 Å². The smallest absolute Gasteiger partial charge is 0.233 e. The van der Waals surface area contributed by atoms with E-state index in [1.165, 1.54) is 11.8 Å². The number of amides is 1. The van der Waals surface area contributed by atoms with Gasteiger partial charge in [0, 0.05) is 10.4 Å². The summed E-state index contributed by atoms with van der Waals surface area (Å²) >= 11 is 2.97. The number of H-pyrrole nitrogens is 1. The molecule has 23 heavy (non-hydrogen) atoms.